The molecule has 1 saturated heterocycles. The molecule has 110 valence electrons. The second-order valence-corrected chi connectivity index (χ2v) is 7.68. The van der Waals surface area contributed by atoms with Crippen LogP contribution in [0.1, 0.15) is 77.6 Å². The highest BCUT2D eigenvalue weighted by molar-refractivity contribution is 4.93. The monoisotopic (exact) mass is 265 g/mol. The van der Waals surface area contributed by atoms with Crippen molar-refractivity contribution in [3.63, 3.8) is 0 Å². The molecule has 1 heterocycles. The molecular weight excluding hydrogens is 234 g/mol. The third kappa shape index (κ3) is 3.33. The van der Waals surface area contributed by atoms with E-state index in [4.69, 9.17) is 4.74 Å². The van der Waals surface area contributed by atoms with Gasteiger partial charge in [0.05, 0.1) is 5.60 Å². The maximum atomic E-state index is 6.19. The lowest BCUT2D eigenvalue weighted by Gasteiger charge is -2.44. The molecule has 1 aliphatic heterocycles. The van der Waals surface area contributed by atoms with Crippen molar-refractivity contribution >= 4 is 0 Å². The lowest BCUT2D eigenvalue weighted by Crippen LogP contribution is -2.49. The van der Waals surface area contributed by atoms with Gasteiger partial charge in [0.15, 0.2) is 0 Å². The van der Waals surface area contributed by atoms with Crippen LogP contribution in [-0.2, 0) is 4.74 Å². The molecule has 1 unspecified atom stereocenters. The van der Waals surface area contributed by atoms with Gasteiger partial charge in [-0.1, -0.05) is 39.0 Å². The second kappa shape index (κ2) is 5.73. The molecule has 0 radical (unpaired) electrons. The van der Waals surface area contributed by atoms with Gasteiger partial charge < -0.3 is 10.1 Å². The van der Waals surface area contributed by atoms with Gasteiger partial charge in [-0.3, -0.25) is 0 Å². The van der Waals surface area contributed by atoms with Crippen LogP contribution < -0.4 is 5.32 Å². The Labute approximate surface area is 118 Å². The summed E-state index contributed by atoms with van der Waals surface area (Å²) in [5.41, 5.74) is 0.836. The van der Waals surface area contributed by atoms with Crippen molar-refractivity contribution in [1.82, 2.24) is 5.32 Å². The third-order valence-electron chi connectivity index (χ3n) is 5.89. The second-order valence-electron chi connectivity index (χ2n) is 7.68. The first-order valence-electron chi connectivity index (χ1n) is 8.57. The summed E-state index contributed by atoms with van der Waals surface area (Å²) in [6, 6.07) is 0.712. The summed E-state index contributed by atoms with van der Waals surface area (Å²) in [7, 11) is 0. The Morgan fingerprint density at radius 2 is 1.68 bits per heavy atom. The Kier molecular flexibility index (Phi) is 4.19. The third-order valence-corrected chi connectivity index (χ3v) is 5.89. The number of hydrogen-bond donors (Lipinski definition) is 1. The molecule has 2 nitrogen and oxygen atoms in total. The Morgan fingerprint density at radius 3 is 2.42 bits per heavy atom. The Hall–Kier alpha value is -0.0800. The van der Waals surface area contributed by atoms with Gasteiger partial charge in [-0.05, 0) is 43.9 Å². The Morgan fingerprint density at radius 1 is 1.00 bits per heavy atom. The van der Waals surface area contributed by atoms with Crippen molar-refractivity contribution in [2.45, 2.75) is 89.2 Å². The zero-order valence-corrected chi connectivity index (χ0v) is 12.7. The van der Waals surface area contributed by atoms with Gasteiger partial charge in [-0.2, -0.15) is 0 Å². The van der Waals surface area contributed by atoms with Crippen LogP contribution >= 0.6 is 0 Å². The van der Waals surface area contributed by atoms with Crippen molar-refractivity contribution < 1.29 is 4.74 Å². The molecule has 1 spiro atoms. The van der Waals surface area contributed by atoms with E-state index in [0.717, 1.165) is 6.61 Å². The first-order chi connectivity index (χ1) is 9.20. The molecule has 3 aliphatic rings. The van der Waals surface area contributed by atoms with Gasteiger partial charge in [-0.25, -0.2) is 0 Å². The van der Waals surface area contributed by atoms with E-state index in [1.807, 2.05) is 0 Å². The van der Waals surface area contributed by atoms with E-state index in [1.165, 1.54) is 77.2 Å². The van der Waals surface area contributed by atoms with Crippen LogP contribution in [0.15, 0.2) is 0 Å². The summed E-state index contributed by atoms with van der Waals surface area (Å²) in [5, 5.41) is 3.90. The van der Waals surface area contributed by atoms with Gasteiger partial charge in [0.2, 0.25) is 0 Å². The maximum Gasteiger partial charge on any atom is 0.0697 e. The van der Waals surface area contributed by atoms with Gasteiger partial charge in [0.1, 0.15) is 0 Å². The van der Waals surface area contributed by atoms with Crippen LogP contribution in [-0.4, -0.2) is 24.8 Å². The molecule has 3 rings (SSSR count). The molecule has 0 aromatic carbocycles. The van der Waals surface area contributed by atoms with Crippen LogP contribution in [0.25, 0.3) is 0 Å². The molecule has 1 atom stereocenters. The van der Waals surface area contributed by atoms with Crippen LogP contribution in [0.3, 0.4) is 0 Å². The Bertz CT molecular complexity index is 284. The molecular formula is C17H31NO. The summed E-state index contributed by atoms with van der Waals surface area (Å²) in [6.07, 6.45) is 15.0. The molecule has 2 heteroatoms. The molecule has 0 amide bonds. The van der Waals surface area contributed by atoms with Crippen molar-refractivity contribution in [3.8, 4) is 0 Å². The van der Waals surface area contributed by atoms with E-state index in [-0.39, 0.29) is 5.60 Å². The average molecular weight is 265 g/mol. The normalized spacial score (nSPS) is 33.6. The van der Waals surface area contributed by atoms with Crippen molar-refractivity contribution in [2.24, 2.45) is 5.41 Å². The lowest BCUT2D eigenvalue weighted by atomic mass is 9.78. The predicted octanol–water partition coefficient (Wildman–Crippen LogP) is 4.04. The van der Waals surface area contributed by atoms with Gasteiger partial charge >= 0.3 is 0 Å². The van der Waals surface area contributed by atoms with E-state index in [0.29, 0.717) is 11.5 Å². The van der Waals surface area contributed by atoms with Crippen LogP contribution in [0, 0.1) is 5.41 Å². The Balaban J connectivity index is 1.50. The fourth-order valence-corrected chi connectivity index (χ4v) is 4.54. The zero-order chi connectivity index (χ0) is 13.2. The van der Waals surface area contributed by atoms with E-state index >= 15 is 0 Å². The molecule has 1 N–H and O–H groups in total. The molecule has 2 aliphatic carbocycles. The first kappa shape index (κ1) is 13.9. The minimum Gasteiger partial charge on any atom is -0.375 e. The number of ether oxygens (including phenoxy) is 1. The van der Waals surface area contributed by atoms with Crippen LogP contribution in [0.4, 0.5) is 0 Å². The lowest BCUT2D eigenvalue weighted by molar-refractivity contribution is -0.109. The average Bonchev–Trinajstić information content (AvgIpc) is 2.85. The molecule has 0 aromatic heterocycles. The number of nitrogens with one attached hydrogen (secondary N) is 1. The van der Waals surface area contributed by atoms with E-state index in [1.54, 1.807) is 0 Å². The zero-order valence-electron chi connectivity index (χ0n) is 12.7. The van der Waals surface area contributed by atoms with E-state index in [9.17, 15) is 0 Å². The number of rotatable bonds is 3. The topological polar surface area (TPSA) is 21.3 Å². The molecule has 0 aromatic rings. The SMILES string of the molecule is CC1(CNC2CCOC3(CCCCC3)C2)CCCC1. The molecule has 19 heavy (non-hydrogen) atoms. The van der Waals surface area contributed by atoms with Gasteiger partial charge in [0, 0.05) is 19.2 Å². The van der Waals surface area contributed by atoms with Crippen molar-refractivity contribution in [3.05, 3.63) is 0 Å². The van der Waals surface area contributed by atoms with Crippen molar-refractivity contribution in [1.29, 1.82) is 0 Å². The molecule has 0 bridgehead atoms. The van der Waals surface area contributed by atoms with Crippen LogP contribution in [0.2, 0.25) is 0 Å². The smallest absolute Gasteiger partial charge is 0.0697 e. The number of hydrogen-bond acceptors (Lipinski definition) is 2. The predicted molar refractivity (Wildman–Crippen MR) is 79.4 cm³/mol. The van der Waals surface area contributed by atoms with Gasteiger partial charge in [-0.15, -0.1) is 0 Å². The summed E-state index contributed by atoms with van der Waals surface area (Å²) in [4.78, 5) is 0. The first-order valence-corrected chi connectivity index (χ1v) is 8.57. The van der Waals surface area contributed by atoms with E-state index in [2.05, 4.69) is 12.2 Å². The summed E-state index contributed by atoms with van der Waals surface area (Å²) in [5.74, 6) is 0. The largest absolute Gasteiger partial charge is 0.375 e. The summed E-state index contributed by atoms with van der Waals surface area (Å²) >= 11 is 0. The standard InChI is InChI=1S/C17H31NO/c1-16(8-5-6-9-16)14-18-15-7-12-19-17(13-15)10-3-2-4-11-17/h15,18H,2-14H2,1H3. The fourth-order valence-electron chi connectivity index (χ4n) is 4.54. The maximum absolute atomic E-state index is 6.19. The van der Waals surface area contributed by atoms with Crippen LogP contribution in [0.5, 0.6) is 0 Å². The molecule has 2 saturated carbocycles. The van der Waals surface area contributed by atoms with E-state index < -0.39 is 0 Å². The minimum atomic E-state index is 0.255. The quantitative estimate of drug-likeness (QED) is 0.831. The highest BCUT2D eigenvalue weighted by Gasteiger charge is 2.39. The fraction of sp³-hybridized carbons (Fsp3) is 1.00. The highest BCUT2D eigenvalue weighted by atomic mass is 16.5. The summed E-state index contributed by atoms with van der Waals surface area (Å²) < 4.78 is 6.19. The summed E-state index contributed by atoms with van der Waals surface area (Å²) in [6.45, 7) is 4.69. The minimum absolute atomic E-state index is 0.255. The van der Waals surface area contributed by atoms with Gasteiger partial charge in [0.25, 0.3) is 0 Å². The molecule has 3 fully saturated rings. The highest BCUT2D eigenvalue weighted by Crippen LogP contribution is 2.40. The van der Waals surface area contributed by atoms with Crippen molar-refractivity contribution in [2.75, 3.05) is 13.2 Å².